The highest BCUT2D eigenvalue weighted by Crippen LogP contribution is 2.34. The number of hydrogen-bond donors (Lipinski definition) is 2. The molecule has 1 heterocycles. The van der Waals surface area contributed by atoms with E-state index < -0.39 is 11.9 Å². The molecule has 5 heteroatoms. The average Bonchev–Trinajstić information content (AvgIpc) is 2.54. The van der Waals surface area contributed by atoms with E-state index in [0.29, 0.717) is 30.8 Å². The van der Waals surface area contributed by atoms with Crippen molar-refractivity contribution in [3.05, 3.63) is 65.5 Å². The van der Waals surface area contributed by atoms with Crippen LogP contribution >= 0.6 is 0 Å². The van der Waals surface area contributed by atoms with E-state index in [-0.39, 0.29) is 6.03 Å². The maximum absolute atomic E-state index is 13.3. The molecule has 0 aliphatic carbocycles. The highest BCUT2D eigenvalue weighted by molar-refractivity contribution is 5.93. The number of carbonyl (C=O) groups excluding carboxylic acids is 1. The fraction of sp³-hybridized carbons (Fsp3) is 0.235. The number of hydrogen-bond acceptors (Lipinski definition) is 2. The van der Waals surface area contributed by atoms with Crippen LogP contribution < -0.4 is 10.2 Å². The third-order valence-electron chi connectivity index (χ3n) is 3.80. The molecule has 0 saturated heterocycles. The van der Waals surface area contributed by atoms with Gasteiger partial charge in [-0.25, -0.2) is 9.18 Å². The van der Waals surface area contributed by atoms with E-state index in [1.165, 1.54) is 18.2 Å². The van der Waals surface area contributed by atoms with Crippen LogP contribution in [-0.2, 0) is 6.54 Å². The first kappa shape index (κ1) is 14.5. The Morgan fingerprint density at radius 3 is 2.82 bits per heavy atom. The number of benzene rings is 2. The van der Waals surface area contributed by atoms with E-state index in [9.17, 15) is 14.3 Å². The van der Waals surface area contributed by atoms with Gasteiger partial charge in [-0.05, 0) is 30.2 Å². The molecular weight excluding hydrogens is 283 g/mol. The molecule has 1 aliphatic rings. The van der Waals surface area contributed by atoms with Gasteiger partial charge in [0, 0.05) is 18.7 Å². The van der Waals surface area contributed by atoms with E-state index in [1.807, 2.05) is 30.3 Å². The summed E-state index contributed by atoms with van der Waals surface area (Å²) in [5, 5.41) is 12.8. The van der Waals surface area contributed by atoms with Crippen LogP contribution in [0.3, 0.4) is 0 Å². The molecule has 2 N–H and O–H groups in total. The summed E-state index contributed by atoms with van der Waals surface area (Å²) in [6.07, 6.45) is -0.334. The minimum atomic E-state index is -0.733. The maximum atomic E-state index is 13.3. The summed E-state index contributed by atoms with van der Waals surface area (Å²) >= 11 is 0. The summed E-state index contributed by atoms with van der Waals surface area (Å²) in [7, 11) is 0. The highest BCUT2D eigenvalue weighted by atomic mass is 19.1. The Kier molecular flexibility index (Phi) is 4.06. The fourth-order valence-corrected chi connectivity index (χ4v) is 2.65. The number of anilines is 1. The molecule has 3 rings (SSSR count). The number of nitrogens with zero attached hydrogens (tertiary/aromatic N) is 1. The van der Waals surface area contributed by atoms with Gasteiger partial charge in [-0.2, -0.15) is 0 Å². The fourth-order valence-electron chi connectivity index (χ4n) is 2.65. The Balaban J connectivity index is 1.75. The van der Waals surface area contributed by atoms with Crippen molar-refractivity contribution in [2.75, 3.05) is 11.4 Å². The topological polar surface area (TPSA) is 52.6 Å². The number of rotatable bonds is 2. The summed E-state index contributed by atoms with van der Waals surface area (Å²) in [6.45, 7) is 0.829. The number of urea groups is 1. The van der Waals surface area contributed by atoms with Crippen LogP contribution in [0.1, 0.15) is 23.7 Å². The molecule has 0 fully saturated rings. The summed E-state index contributed by atoms with van der Waals surface area (Å²) in [4.78, 5) is 13.9. The molecule has 1 aliphatic heterocycles. The Morgan fingerprint density at radius 2 is 2.05 bits per heavy atom. The smallest absolute Gasteiger partial charge is 0.322 e. The van der Waals surface area contributed by atoms with Crippen molar-refractivity contribution in [2.45, 2.75) is 19.1 Å². The van der Waals surface area contributed by atoms with Crippen molar-refractivity contribution in [2.24, 2.45) is 0 Å². The number of aliphatic hydroxyl groups is 1. The molecule has 0 bridgehead atoms. The molecule has 0 aromatic heterocycles. The van der Waals surface area contributed by atoms with E-state index in [4.69, 9.17) is 0 Å². The van der Waals surface area contributed by atoms with E-state index in [2.05, 4.69) is 5.32 Å². The molecule has 0 spiro atoms. The van der Waals surface area contributed by atoms with Crippen molar-refractivity contribution in [3.8, 4) is 0 Å². The number of carbonyl (C=O) groups is 1. The molecule has 0 radical (unpaired) electrons. The second-order valence-corrected chi connectivity index (χ2v) is 5.30. The highest BCUT2D eigenvalue weighted by Gasteiger charge is 2.27. The average molecular weight is 300 g/mol. The van der Waals surface area contributed by atoms with Gasteiger partial charge >= 0.3 is 6.03 Å². The van der Waals surface area contributed by atoms with E-state index >= 15 is 0 Å². The van der Waals surface area contributed by atoms with Crippen LogP contribution in [0.25, 0.3) is 0 Å². The number of amides is 2. The predicted octanol–water partition coefficient (Wildman–Crippen LogP) is 2.98. The lowest BCUT2D eigenvalue weighted by atomic mass is 9.99. The zero-order valence-corrected chi connectivity index (χ0v) is 12.0. The molecular formula is C17H17FN2O2. The number of fused-ring (bicyclic) bond motifs is 1. The number of aliphatic hydroxyl groups excluding tert-OH is 1. The third kappa shape index (κ3) is 2.94. The van der Waals surface area contributed by atoms with Gasteiger partial charge in [0.1, 0.15) is 5.82 Å². The van der Waals surface area contributed by atoms with E-state index in [1.54, 1.807) is 4.90 Å². The lowest BCUT2D eigenvalue weighted by Gasteiger charge is -2.32. The van der Waals surface area contributed by atoms with Gasteiger partial charge in [-0.3, -0.25) is 4.90 Å². The second-order valence-electron chi connectivity index (χ2n) is 5.30. The van der Waals surface area contributed by atoms with Gasteiger partial charge in [0.2, 0.25) is 0 Å². The maximum Gasteiger partial charge on any atom is 0.322 e. The summed E-state index contributed by atoms with van der Waals surface area (Å²) in [6, 6.07) is 13.5. The van der Waals surface area contributed by atoms with Gasteiger partial charge in [0.05, 0.1) is 11.8 Å². The van der Waals surface area contributed by atoms with Crippen molar-refractivity contribution >= 4 is 11.7 Å². The molecule has 22 heavy (non-hydrogen) atoms. The van der Waals surface area contributed by atoms with Gasteiger partial charge in [-0.15, -0.1) is 0 Å². The first-order chi connectivity index (χ1) is 10.6. The molecule has 2 aromatic carbocycles. The quantitative estimate of drug-likeness (QED) is 0.896. The summed E-state index contributed by atoms with van der Waals surface area (Å²) in [5.41, 5.74) is 2.03. The lowest BCUT2D eigenvalue weighted by Crippen LogP contribution is -2.43. The van der Waals surface area contributed by atoms with Crippen LogP contribution in [0.5, 0.6) is 0 Å². The molecule has 4 nitrogen and oxygen atoms in total. The van der Waals surface area contributed by atoms with Crippen molar-refractivity contribution in [1.82, 2.24) is 5.32 Å². The van der Waals surface area contributed by atoms with Gasteiger partial charge in [0.25, 0.3) is 0 Å². The molecule has 2 amide bonds. The van der Waals surface area contributed by atoms with E-state index in [0.717, 1.165) is 5.56 Å². The summed E-state index contributed by atoms with van der Waals surface area (Å²) < 4.78 is 13.3. The summed E-state index contributed by atoms with van der Waals surface area (Å²) in [5.74, 6) is -0.413. The number of nitrogens with one attached hydrogen (secondary N) is 1. The second kappa shape index (κ2) is 6.15. The predicted molar refractivity (Wildman–Crippen MR) is 82.0 cm³/mol. The Morgan fingerprint density at radius 1 is 1.27 bits per heavy atom. The number of halogens is 1. The molecule has 0 saturated carbocycles. The lowest BCUT2D eigenvalue weighted by molar-refractivity contribution is 0.163. The Bertz CT molecular complexity index is 676. The molecule has 2 aromatic rings. The molecule has 1 unspecified atom stereocenters. The Hall–Kier alpha value is -2.40. The van der Waals surface area contributed by atoms with Crippen LogP contribution in [0.2, 0.25) is 0 Å². The van der Waals surface area contributed by atoms with Crippen molar-refractivity contribution in [3.63, 3.8) is 0 Å². The van der Waals surface area contributed by atoms with Gasteiger partial charge in [-0.1, -0.05) is 30.3 Å². The zero-order chi connectivity index (χ0) is 15.5. The minimum absolute atomic E-state index is 0.247. The van der Waals surface area contributed by atoms with Crippen LogP contribution in [0, 0.1) is 5.82 Å². The molecule has 1 atom stereocenters. The van der Waals surface area contributed by atoms with Crippen LogP contribution in [-0.4, -0.2) is 17.7 Å². The van der Waals surface area contributed by atoms with Crippen molar-refractivity contribution in [1.29, 1.82) is 0 Å². The molecule has 114 valence electrons. The monoisotopic (exact) mass is 300 g/mol. The SMILES string of the molecule is O=C(NCc1ccccc1)N1CCC(O)c2cc(F)ccc21. The first-order valence-corrected chi connectivity index (χ1v) is 7.22. The van der Waals surface area contributed by atoms with Crippen molar-refractivity contribution < 1.29 is 14.3 Å². The normalized spacial score (nSPS) is 17.0. The standard InChI is InChI=1S/C17H17FN2O2/c18-13-6-7-15-14(10-13)16(21)8-9-20(15)17(22)19-11-12-4-2-1-3-5-12/h1-7,10,16,21H,8-9,11H2,(H,19,22). The van der Waals surface area contributed by atoms with Crippen LogP contribution in [0.15, 0.2) is 48.5 Å². The zero-order valence-electron chi connectivity index (χ0n) is 12.0. The first-order valence-electron chi connectivity index (χ1n) is 7.22. The van der Waals surface area contributed by atoms with Gasteiger partial charge in [0.15, 0.2) is 0 Å². The minimum Gasteiger partial charge on any atom is -0.388 e. The van der Waals surface area contributed by atoms with Crippen LogP contribution in [0.4, 0.5) is 14.9 Å². The largest absolute Gasteiger partial charge is 0.388 e. The van der Waals surface area contributed by atoms with Gasteiger partial charge < -0.3 is 10.4 Å². The Labute approximate surface area is 128 Å². The third-order valence-corrected chi connectivity index (χ3v) is 3.80.